The standard InChI is InChI=1S/C27H39FN2O3/c28-23-7-3-20(4-8-23)26(32)21-14-17-30(18-15-21)16-13-19-1-9-24(10-2-19)29-27(33)22-5-11-25(31)12-6-22/h3-4,7-8,19,21-22,24-25,31H,1-2,5-6,9-18H2,(H,29,33). The average Bonchev–Trinajstić information content (AvgIpc) is 2.84. The van der Waals surface area contributed by atoms with Crippen molar-refractivity contribution in [3.63, 3.8) is 0 Å². The molecule has 5 nitrogen and oxygen atoms in total. The lowest BCUT2D eigenvalue weighted by Crippen LogP contribution is -2.42. The Morgan fingerprint density at radius 3 is 2.15 bits per heavy atom. The maximum Gasteiger partial charge on any atom is 0.223 e. The molecule has 3 fully saturated rings. The third-order valence-corrected chi connectivity index (χ3v) is 8.20. The highest BCUT2D eigenvalue weighted by Gasteiger charge is 2.29. The molecule has 1 aromatic carbocycles. The van der Waals surface area contributed by atoms with Crippen LogP contribution in [0.25, 0.3) is 0 Å². The van der Waals surface area contributed by atoms with E-state index in [-0.39, 0.29) is 35.4 Å². The number of carbonyl (C=O) groups excluding carboxylic acids is 2. The number of piperidine rings is 1. The summed E-state index contributed by atoms with van der Waals surface area (Å²) in [5.41, 5.74) is 0.625. The van der Waals surface area contributed by atoms with Crippen molar-refractivity contribution in [3.05, 3.63) is 35.6 Å². The van der Waals surface area contributed by atoms with Crippen LogP contribution in [0.3, 0.4) is 0 Å². The zero-order valence-electron chi connectivity index (χ0n) is 19.7. The molecule has 0 bridgehead atoms. The number of likely N-dealkylation sites (tertiary alicyclic amines) is 1. The summed E-state index contributed by atoms with van der Waals surface area (Å²) in [6, 6.07) is 6.24. The second kappa shape index (κ2) is 11.6. The number of carbonyl (C=O) groups is 2. The fraction of sp³-hybridized carbons (Fsp3) is 0.704. The highest BCUT2D eigenvalue weighted by Crippen LogP contribution is 2.30. The molecule has 33 heavy (non-hydrogen) atoms. The molecule has 1 amide bonds. The van der Waals surface area contributed by atoms with E-state index >= 15 is 0 Å². The van der Waals surface area contributed by atoms with Crippen LogP contribution < -0.4 is 5.32 Å². The molecule has 4 rings (SSSR count). The fourth-order valence-corrected chi connectivity index (χ4v) is 5.89. The number of nitrogens with zero attached hydrogens (tertiary/aromatic N) is 1. The predicted molar refractivity (Wildman–Crippen MR) is 126 cm³/mol. The van der Waals surface area contributed by atoms with Gasteiger partial charge in [0.1, 0.15) is 5.82 Å². The fourth-order valence-electron chi connectivity index (χ4n) is 5.89. The van der Waals surface area contributed by atoms with Gasteiger partial charge in [-0.05, 0) is 120 Å². The van der Waals surface area contributed by atoms with Crippen LogP contribution in [0, 0.1) is 23.6 Å². The number of hydrogen-bond acceptors (Lipinski definition) is 4. The minimum Gasteiger partial charge on any atom is -0.393 e. The molecule has 0 radical (unpaired) electrons. The molecule has 6 heteroatoms. The average molecular weight is 459 g/mol. The van der Waals surface area contributed by atoms with Gasteiger partial charge in [0.2, 0.25) is 5.91 Å². The van der Waals surface area contributed by atoms with Crippen LogP contribution in [-0.4, -0.2) is 53.5 Å². The quantitative estimate of drug-likeness (QED) is 0.597. The summed E-state index contributed by atoms with van der Waals surface area (Å²) in [7, 11) is 0. The minimum absolute atomic E-state index is 0.0539. The molecule has 2 N–H and O–H groups in total. The van der Waals surface area contributed by atoms with Gasteiger partial charge in [0, 0.05) is 23.4 Å². The smallest absolute Gasteiger partial charge is 0.223 e. The molecular formula is C27H39FN2O3. The lowest BCUT2D eigenvalue weighted by Gasteiger charge is -2.34. The van der Waals surface area contributed by atoms with Crippen LogP contribution in [-0.2, 0) is 4.79 Å². The van der Waals surface area contributed by atoms with Gasteiger partial charge in [0.05, 0.1) is 6.10 Å². The zero-order chi connectivity index (χ0) is 23.2. The first-order valence-electron chi connectivity index (χ1n) is 13.0. The summed E-state index contributed by atoms with van der Waals surface area (Å²) in [5, 5.41) is 12.9. The van der Waals surface area contributed by atoms with Crippen LogP contribution in [0.15, 0.2) is 24.3 Å². The van der Waals surface area contributed by atoms with Gasteiger partial charge in [0.25, 0.3) is 0 Å². The largest absolute Gasteiger partial charge is 0.393 e. The SMILES string of the molecule is O=C(NC1CCC(CCN2CCC(C(=O)c3ccc(F)cc3)CC2)CC1)C1CCC(O)CC1. The summed E-state index contributed by atoms with van der Waals surface area (Å²) in [6.07, 6.45) is 10.4. The molecule has 3 aliphatic rings. The normalized spacial score (nSPS) is 29.5. The second-order valence-corrected chi connectivity index (χ2v) is 10.5. The lowest BCUT2D eigenvalue weighted by atomic mass is 9.82. The number of halogens is 1. The first-order valence-corrected chi connectivity index (χ1v) is 13.0. The molecule has 0 unspecified atom stereocenters. The molecule has 182 valence electrons. The van der Waals surface area contributed by atoms with Crippen molar-refractivity contribution in [3.8, 4) is 0 Å². The molecule has 1 heterocycles. The summed E-state index contributed by atoms with van der Waals surface area (Å²) in [6.45, 7) is 3.00. The number of hydrogen-bond donors (Lipinski definition) is 2. The van der Waals surface area contributed by atoms with Gasteiger partial charge in [-0.2, -0.15) is 0 Å². The Labute approximate surface area is 197 Å². The topological polar surface area (TPSA) is 69.6 Å². The van der Waals surface area contributed by atoms with E-state index in [4.69, 9.17) is 0 Å². The van der Waals surface area contributed by atoms with Gasteiger partial charge < -0.3 is 15.3 Å². The lowest BCUT2D eigenvalue weighted by molar-refractivity contribution is -0.127. The van der Waals surface area contributed by atoms with E-state index in [0.29, 0.717) is 11.6 Å². The van der Waals surface area contributed by atoms with Crippen molar-refractivity contribution in [2.24, 2.45) is 17.8 Å². The predicted octanol–water partition coefficient (Wildman–Crippen LogP) is 4.34. The van der Waals surface area contributed by atoms with Crippen LogP contribution in [0.5, 0.6) is 0 Å². The third-order valence-electron chi connectivity index (χ3n) is 8.20. The molecule has 1 saturated heterocycles. The van der Waals surface area contributed by atoms with E-state index in [9.17, 15) is 19.1 Å². The van der Waals surface area contributed by atoms with Crippen LogP contribution in [0.4, 0.5) is 4.39 Å². The number of Topliss-reactive ketones (excluding diaryl/α,β-unsaturated/α-hetero) is 1. The number of benzene rings is 1. The molecule has 0 spiro atoms. The first kappa shape index (κ1) is 24.3. The van der Waals surface area contributed by atoms with Crippen LogP contribution >= 0.6 is 0 Å². The van der Waals surface area contributed by atoms with Gasteiger partial charge in [-0.25, -0.2) is 4.39 Å². The highest BCUT2D eigenvalue weighted by atomic mass is 19.1. The number of rotatable bonds is 7. The van der Waals surface area contributed by atoms with Gasteiger partial charge in [-0.15, -0.1) is 0 Å². The Kier molecular flexibility index (Phi) is 8.53. The number of amides is 1. The zero-order valence-corrected chi connectivity index (χ0v) is 19.7. The Morgan fingerprint density at radius 1 is 0.879 bits per heavy atom. The van der Waals surface area contributed by atoms with Gasteiger partial charge in [-0.1, -0.05) is 0 Å². The van der Waals surface area contributed by atoms with Crippen molar-refractivity contribution in [1.29, 1.82) is 0 Å². The van der Waals surface area contributed by atoms with Crippen molar-refractivity contribution in [1.82, 2.24) is 10.2 Å². The van der Waals surface area contributed by atoms with E-state index in [2.05, 4.69) is 10.2 Å². The molecule has 0 atom stereocenters. The van der Waals surface area contributed by atoms with E-state index in [1.807, 2.05) is 0 Å². The Morgan fingerprint density at radius 2 is 1.52 bits per heavy atom. The second-order valence-electron chi connectivity index (χ2n) is 10.5. The van der Waals surface area contributed by atoms with E-state index < -0.39 is 0 Å². The monoisotopic (exact) mass is 458 g/mol. The molecule has 0 aromatic heterocycles. The molecule has 1 aliphatic heterocycles. The molecule has 2 saturated carbocycles. The van der Waals surface area contributed by atoms with Crippen LogP contribution in [0.1, 0.15) is 81.0 Å². The third kappa shape index (κ3) is 6.86. The van der Waals surface area contributed by atoms with Crippen molar-refractivity contribution in [2.75, 3.05) is 19.6 Å². The molecule has 1 aromatic rings. The maximum atomic E-state index is 13.1. The first-order chi connectivity index (χ1) is 16.0. The number of ketones is 1. The highest BCUT2D eigenvalue weighted by molar-refractivity contribution is 5.97. The summed E-state index contributed by atoms with van der Waals surface area (Å²) in [4.78, 5) is 27.7. The Hall–Kier alpha value is -1.79. The molecular weight excluding hydrogens is 419 g/mol. The van der Waals surface area contributed by atoms with Crippen molar-refractivity contribution < 1.29 is 19.1 Å². The van der Waals surface area contributed by atoms with E-state index in [0.717, 1.165) is 76.9 Å². The van der Waals surface area contributed by atoms with E-state index in [1.165, 1.54) is 31.4 Å². The van der Waals surface area contributed by atoms with Gasteiger partial charge >= 0.3 is 0 Å². The van der Waals surface area contributed by atoms with Gasteiger partial charge in [-0.3, -0.25) is 9.59 Å². The Bertz CT molecular complexity index is 775. The Balaban J connectivity index is 1.11. The minimum atomic E-state index is -0.303. The number of aliphatic hydroxyl groups is 1. The number of aliphatic hydroxyl groups excluding tert-OH is 1. The van der Waals surface area contributed by atoms with E-state index in [1.54, 1.807) is 12.1 Å². The summed E-state index contributed by atoms with van der Waals surface area (Å²) < 4.78 is 13.1. The molecule has 2 aliphatic carbocycles. The summed E-state index contributed by atoms with van der Waals surface area (Å²) in [5.74, 6) is 0.911. The van der Waals surface area contributed by atoms with Crippen molar-refractivity contribution in [2.45, 2.75) is 82.8 Å². The van der Waals surface area contributed by atoms with Crippen LogP contribution in [0.2, 0.25) is 0 Å². The van der Waals surface area contributed by atoms with Crippen molar-refractivity contribution >= 4 is 11.7 Å². The maximum absolute atomic E-state index is 13.1. The number of nitrogens with one attached hydrogen (secondary N) is 1. The summed E-state index contributed by atoms with van der Waals surface area (Å²) >= 11 is 0. The van der Waals surface area contributed by atoms with Gasteiger partial charge in [0.15, 0.2) is 5.78 Å².